The Morgan fingerprint density at radius 1 is 1.10 bits per heavy atom. The van der Waals surface area contributed by atoms with Crippen LogP contribution in [0.1, 0.15) is 17.3 Å². The van der Waals surface area contributed by atoms with E-state index in [4.69, 9.17) is 0 Å². The first-order valence-electron chi connectivity index (χ1n) is 6.28. The summed E-state index contributed by atoms with van der Waals surface area (Å²) >= 11 is 3.49. The molecule has 0 spiro atoms. The van der Waals surface area contributed by atoms with Gasteiger partial charge >= 0.3 is 18.9 Å². The Morgan fingerprint density at radius 3 is 2.48 bits per heavy atom. The first kappa shape index (κ1) is 15.9. The number of carbonyl (C=O) groups excluding carboxylic acids is 1. The first-order valence-corrected chi connectivity index (χ1v) is 7.07. The molecule has 5 heteroatoms. The molecule has 0 aromatic heterocycles. The molecule has 3 nitrogen and oxygen atoms in total. The number of hydrogen-bond acceptors (Lipinski definition) is 1. The minimum Gasteiger partial charge on any atom is -0.435 e. The number of benzene rings is 2. The molecule has 21 heavy (non-hydrogen) atoms. The van der Waals surface area contributed by atoms with Gasteiger partial charge in [-0.2, -0.15) is 0 Å². The maximum absolute atomic E-state index is 12.7. The van der Waals surface area contributed by atoms with Gasteiger partial charge in [-0.1, -0.05) is 70.3 Å². The molecule has 1 amide bonds. The van der Waals surface area contributed by atoms with Gasteiger partial charge in [0.2, 0.25) is 0 Å². The Balaban J connectivity index is 0.00000161. The molecule has 0 saturated heterocycles. The van der Waals surface area contributed by atoms with E-state index in [-0.39, 0.29) is 24.8 Å². The van der Waals surface area contributed by atoms with E-state index in [2.05, 4.69) is 21.2 Å². The van der Waals surface area contributed by atoms with Crippen molar-refractivity contribution in [3.05, 3.63) is 75.8 Å². The summed E-state index contributed by atoms with van der Waals surface area (Å²) in [4.78, 5) is 14.4. The van der Waals surface area contributed by atoms with Crippen LogP contribution >= 0.6 is 15.9 Å². The summed E-state index contributed by atoms with van der Waals surface area (Å²) < 4.78 is 0.863. The van der Waals surface area contributed by atoms with Gasteiger partial charge in [-0.15, -0.1) is 0 Å². The summed E-state index contributed by atoms with van der Waals surface area (Å²) in [6, 6.07) is 15.0. The van der Waals surface area contributed by atoms with Crippen LogP contribution in [0, 0.1) is 0 Å². The molecular formula is C16H12BrLiN2O. The molecule has 0 fully saturated rings. The quantitative estimate of drug-likeness (QED) is 0.734. The molecule has 2 aromatic rings. The van der Waals surface area contributed by atoms with Crippen LogP contribution in [0.4, 0.5) is 11.4 Å². The van der Waals surface area contributed by atoms with Gasteiger partial charge in [-0.3, -0.25) is 4.79 Å². The number of halogens is 1. The van der Waals surface area contributed by atoms with Crippen LogP contribution in [0.25, 0.3) is 5.32 Å². The van der Waals surface area contributed by atoms with Gasteiger partial charge in [-0.25, -0.2) is 0 Å². The summed E-state index contributed by atoms with van der Waals surface area (Å²) in [5, 5.41) is 4.56. The van der Waals surface area contributed by atoms with Crippen LogP contribution in [0.2, 0.25) is 0 Å². The Hall–Kier alpha value is -1.47. The molecule has 2 aromatic carbocycles. The molecule has 3 rings (SSSR count). The summed E-state index contributed by atoms with van der Waals surface area (Å²) in [5.41, 5.74) is 2.13. The predicted molar refractivity (Wildman–Crippen MR) is 84.2 cm³/mol. The van der Waals surface area contributed by atoms with Crippen molar-refractivity contribution in [3.8, 4) is 0 Å². The molecule has 1 aliphatic rings. The molecular weight excluding hydrogens is 323 g/mol. The van der Waals surface area contributed by atoms with E-state index in [0.717, 1.165) is 10.2 Å². The Morgan fingerprint density at radius 2 is 1.76 bits per heavy atom. The number of hydrogen-bond donors (Lipinski definition) is 0. The maximum atomic E-state index is 12.7. The second-order valence-corrected chi connectivity index (χ2v) is 5.22. The van der Waals surface area contributed by atoms with Gasteiger partial charge in [0.25, 0.3) is 0 Å². The predicted octanol–water partition coefficient (Wildman–Crippen LogP) is 1.98. The average Bonchev–Trinajstić information content (AvgIpc) is 2.48. The number of fused-ring (bicyclic) bond motifs is 1. The second kappa shape index (κ2) is 6.53. The SMILES string of the molecule is C/C=C1\[N-]c2ccccc2C(=O)N1c1ccccc1Br.[Li+]. The molecule has 1 heterocycles. The van der Waals surface area contributed by atoms with Crippen molar-refractivity contribution in [2.45, 2.75) is 6.92 Å². The third-order valence-electron chi connectivity index (χ3n) is 3.15. The minimum absolute atomic E-state index is 0. The number of allylic oxidation sites excluding steroid dienone is 1. The van der Waals surface area contributed by atoms with Crippen molar-refractivity contribution in [2.75, 3.05) is 4.90 Å². The maximum Gasteiger partial charge on any atom is 1.00 e. The van der Waals surface area contributed by atoms with Crippen LogP contribution in [0.3, 0.4) is 0 Å². The van der Waals surface area contributed by atoms with Crippen molar-refractivity contribution in [1.82, 2.24) is 0 Å². The molecule has 0 atom stereocenters. The summed E-state index contributed by atoms with van der Waals surface area (Å²) in [7, 11) is 0. The fraction of sp³-hybridized carbons (Fsp3) is 0.0625. The van der Waals surface area contributed by atoms with Gasteiger partial charge in [0, 0.05) is 10.0 Å². The summed E-state index contributed by atoms with van der Waals surface area (Å²) in [6.45, 7) is 1.88. The van der Waals surface area contributed by atoms with Crippen molar-refractivity contribution in [2.24, 2.45) is 0 Å². The third kappa shape index (κ3) is 2.80. The van der Waals surface area contributed by atoms with Crippen molar-refractivity contribution < 1.29 is 23.7 Å². The second-order valence-electron chi connectivity index (χ2n) is 4.37. The average molecular weight is 335 g/mol. The smallest absolute Gasteiger partial charge is 0.435 e. The van der Waals surface area contributed by atoms with Crippen LogP contribution in [-0.4, -0.2) is 5.91 Å². The van der Waals surface area contributed by atoms with E-state index in [1.54, 1.807) is 11.0 Å². The number of anilines is 1. The largest absolute Gasteiger partial charge is 1.00 e. The van der Waals surface area contributed by atoms with Gasteiger partial charge in [0.1, 0.15) is 0 Å². The van der Waals surface area contributed by atoms with Crippen LogP contribution in [0.5, 0.6) is 0 Å². The van der Waals surface area contributed by atoms with Crippen LogP contribution in [-0.2, 0) is 0 Å². The van der Waals surface area contributed by atoms with Gasteiger partial charge < -0.3 is 10.2 Å². The standard InChI is InChI=1S/C16H13BrN2O.Li/c1-2-15-18-13-9-5-3-7-11(13)16(20)19(15)14-10-6-4-8-12(14)17;/h2-10H,1H3,(H,18,20);/q;+1/p-1/b15-2+;. The Kier molecular flexibility index (Phi) is 4.95. The van der Waals surface area contributed by atoms with Gasteiger partial charge in [0.05, 0.1) is 0 Å². The number of rotatable bonds is 1. The van der Waals surface area contributed by atoms with Crippen LogP contribution in [0.15, 0.2) is 64.9 Å². The number of amides is 1. The molecule has 0 unspecified atom stereocenters. The monoisotopic (exact) mass is 334 g/mol. The molecule has 1 aliphatic heterocycles. The molecule has 0 N–H and O–H groups in total. The van der Waals surface area contributed by atoms with E-state index in [1.807, 2.05) is 55.5 Å². The van der Waals surface area contributed by atoms with Gasteiger partial charge in [0.15, 0.2) is 5.91 Å². The van der Waals surface area contributed by atoms with E-state index in [1.165, 1.54) is 0 Å². The van der Waals surface area contributed by atoms with E-state index in [0.29, 0.717) is 17.1 Å². The molecule has 0 saturated carbocycles. The van der Waals surface area contributed by atoms with Crippen molar-refractivity contribution in [3.63, 3.8) is 0 Å². The summed E-state index contributed by atoms with van der Waals surface area (Å²) in [6.07, 6.45) is 1.84. The van der Waals surface area contributed by atoms with Crippen molar-refractivity contribution in [1.29, 1.82) is 0 Å². The molecule has 0 bridgehead atoms. The fourth-order valence-electron chi connectivity index (χ4n) is 2.21. The molecule has 100 valence electrons. The zero-order valence-corrected chi connectivity index (χ0v) is 13.5. The third-order valence-corrected chi connectivity index (χ3v) is 3.82. The topological polar surface area (TPSA) is 34.4 Å². The van der Waals surface area contributed by atoms with E-state index >= 15 is 0 Å². The Bertz CT molecular complexity index is 715. The normalized spacial score (nSPS) is 15.2. The molecule has 0 radical (unpaired) electrons. The van der Waals surface area contributed by atoms with E-state index < -0.39 is 0 Å². The van der Waals surface area contributed by atoms with Gasteiger partial charge in [-0.05, 0) is 24.4 Å². The van der Waals surface area contributed by atoms with Crippen molar-refractivity contribution >= 4 is 33.2 Å². The van der Waals surface area contributed by atoms with Crippen LogP contribution < -0.4 is 23.8 Å². The number of nitrogens with zero attached hydrogens (tertiary/aromatic N) is 2. The molecule has 0 aliphatic carbocycles. The minimum atomic E-state index is -0.0596. The zero-order chi connectivity index (χ0) is 14.1. The van der Waals surface area contributed by atoms with E-state index in [9.17, 15) is 4.79 Å². The fourth-order valence-corrected chi connectivity index (χ4v) is 2.67. The zero-order valence-electron chi connectivity index (χ0n) is 11.9. The summed E-state index contributed by atoms with van der Waals surface area (Å²) in [5.74, 6) is 0.580. The Labute approximate surface area is 144 Å². The number of carbonyl (C=O) groups is 1. The number of para-hydroxylation sites is 2. The first-order chi connectivity index (χ1) is 9.72.